The van der Waals surface area contributed by atoms with E-state index in [1.54, 1.807) is 18.2 Å². The van der Waals surface area contributed by atoms with Gasteiger partial charge in [-0.15, -0.1) is 11.8 Å². The number of thioether (sulfide) groups is 1. The summed E-state index contributed by atoms with van der Waals surface area (Å²) in [5, 5.41) is 9.27. The van der Waals surface area contributed by atoms with E-state index in [1.165, 1.54) is 17.8 Å². The number of aliphatic hydroxyl groups excluding tert-OH is 1. The molecule has 1 aromatic carbocycles. The highest BCUT2D eigenvalue weighted by molar-refractivity contribution is 8.00. The third-order valence-corrected chi connectivity index (χ3v) is 3.57. The largest absolute Gasteiger partial charge is 0.416 e. The van der Waals surface area contributed by atoms with E-state index < -0.39 is 18.3 Å². The van der Waals surface area contributed by atoms with E-state index in [2.05, 4.69) is 0 Å². The molecule has 0 radical (unpaired) electrons. The quantitative estimate of drug-likeness (QED) is 0.838. The highest BCUT2D eigenvalue weighted by atomic mass is 32.2. The van der Waals surface area contributed by atoms with Crippen molar-refractivity contribution in [2.24, 2.45) is 5.73 Å². The van der Waals surface area contributed by atoms with Crippen LogP contribution in [0.3, 0.4) is 0 Å². The second-order valence-electron chi connectivity index (χ2n) is 5.26. The number of benzene rings is 1. The van der Waals surface area contributed by atoms with Gasteiger partial charge in [-0.25, -0.2) is 0 Å². The lowest BCUT2D eigenvalue weighted by molar-refractivity contribution is -0.210. The molecule has 0 amide bonds. The molecule has 0 saturated heterocycles. The van der Waals surface area contributed by atoms with Gasteiger partial charge in [0.05, 0.1) is 6.04 Å². The van der Waals surface area contributed by atoms with Crippen molar-refractivity contribution in [2.45, 2.75) is 48.7 Å². The van der Waals surface area contributed by atoms with E-state index >= 15 is 0 Å². The third-order valence-electron chi connectivity index (χ3n) is 2.37. The van der Waals surface area contributed by atoms with Gasteiger partial charge in [0.2, 0.25) is 0 Å². The Morgan fingerprint density at radius 1 is 1.16 bits per heavy atom. The standard InChI is InChI=1S/C13H18F3NOS/c1-12(2,3)19-9-7-5-4-6-8(9)10(17)11(18)13(14,15)16/h4-7,10-11,18H,17H2,1-3H3/t10-,11-/m0/s1. The second kappa shape index (κ2) is 5.73. The van der Waals surface area contributed by atoms with E-state index in [9.17, 15) is 18.3 Å². The van der Waals surface area contributed by atoms with E-state index in [0.717, 1.165) is 0 Å². The zero-order valence-electron chi connectivity index (χ0n) is 11.0. The molecule has 0 aromatic heterocycles. The molecule has 108 valence electrons. The minimum absolute atomic E-state index is 0.154. The SMILES string of the molecule is CC(C)(C)Sc1ccccc1[C@H](N)[C@H](O)C(F)(F)F. The number of nitrogens with two attached hydrogens (primary N) is 1. The maximum absolute atomic E-state index is 12.5. The average Bonchev–Trinajstić information content (AvgIpc) is 2.24. The van der Waals surface area contributed by atoms with Gasteiger partial charge in [-0.3, -0.25) is 0 Å². The number of alkyl halides is 3. The van der Waals surface area contributed by atoms with Gasteiger partial charge in [-0.1, -0.05) is 39.0 Å². The Hall–Kier alpha value is -0.720. The summed E-state index contributed by atoms with van der Waals surface area (Å²) in [5.74, 6) is 0. The number of halogens is 3. The van der Waals surface area contributed by atoms with Crippen LogP contribution < -0.4 is 5.73 Å². The summed E-state index contributed by atoms with van der Waals surface area (Å²) in [5.41, 5.74) is 5.87. The fraction of sp³-hybridized carbons (Fsp3) is 0.538. The fourth-order valence-electron chi connectivity index (χ4n) is 1.55. The maximum atomic E-state index is 12.5. The smallest absolute Gasteiger partial charge is 0.382 e. The van der Waals surface area contributed by atoms with E-state index in [1.807, 2.05) is 20.8 Å². The molecule has 3 N–H and O–H groups in total. The first kappa shape index (κ1) is 16.3. The molecule has 0 spiro atoms. The molecule has 0 bridgehead atoms. The molecule has 0 aliphatic heterocycles. The van der Waals surface area contributed by atoms with Crippen LogP contribution in [0.1, 0.15) is 32.4 Å². The number of rotatable bonds is 3. The van der Waals surface area contributed by atoms with Crippen molar-refractivity contribution in [1.29, 1.82) is 0 Å². The Morgan fingerprint density at radius 3 is 2.16 bits per heavy atom. The van der Waals surface area contributed by atoms with E-state index in [4.69, 9.17) is 5.73 Å². The van der Waals surface area contributed by atoms with Gasteiger partial charge in [0.1, 0.15) is 0 Å². The van der Waals surface area contributed by atoms with Gasteiger partial charge in [0.25, 0.3) is 0 Å². The van der Waals surface area contributed by atoms with Crippen LogP contribution in [-0.4, -0.2) is 22.1 Å². The van der Waals surface area contributed by atoms with E-state index in [-0.39, 0.29) is 4.75 Å². The van der Waals surface area contributed by atoms with Gasteiger partial charge < -0.3 is 10.8 Å². The van der Waals surface area contributed by atoms with Crippen LogP contribution in [0.15, 0.2) is 29.2 Å². The molecule has 0 saturated carbocycles. The minimum Gasteiger partial charge on any atom is -0.382 e. The number of hydrogen-bond acceptors (Lipinski definition) is 3. The highest BCUT2D eigenvalue weighted by Crippen LogP contribution is 2.38. The van der Waals surface area contributed by atoms with Gasteiger partial charge in [0, 0.05) is 9.64 Å². The summed E-state index contributed by atoms with van der Waals surface area (Å²) < 4.78 is 37.4. The van der Waals surface area contributed by atoms with Crippen molar-refractivity contribution in [1.82, 2.24) is 0 Å². The molecule has 1 aromatic rings. The lowest BCUT2D eigenvalue weighted by atomic mass is 10.0. The monoisotopic (exact) mass is 293 g/mol. The summed E-state index contributed by atoms with van der Waals surface area (Å²) in [6, 6.07) is 5.11. The fourth-order valence-corrected chi connectivity index (χ4v) is 2.68. The van der Waals surface area contributed by atoms with Gasteiger partial charge in [-0.2, -0.15) is 13.2 Å². The Bertz CT molecular complexity index is 429. The lowest BCUT2D eigenvalue weighted by Crippen LogP contribution is -2.39. The van der Waals surface area contributed by atoms with Crippen LogP contribution >= 0.6 is 11.8 Å². The molecule has 6 heteroatoms. The zero-order chi connectivity index (χ0) is 14.8. The van der Waals surface area contributed by atoms with Crippen LogP contribution in [0.2, 0.25) is 0 Å². The Kier molecular flexibility index (Phi) is 4.92. The van der Waals surface area contributed by atoms with Crippen molar-refractivity contribution in [3.8, 4) is 0 Å². The Balaban J connectivity index is 3.07. The lowest BCUT2D eigenvalue weighted by Gasteiger charge is -2.26. The second-order valence-corrected chi connectivity index (χ2v) is 7.13. The molecule has 0 fully saturated rings. The molecule has 0 aliphatic carbocycles. The molecule has 19 heavy (non-hydrogen) atoms. The number of hydrogen-bond donors (Lipinski definition) is 2. The Morgan fingerprint density at radius 2 is 1.68 bits per heavy atom. The summed E-state index contributed by atoms with van der Waals surface area (Å²) in [6.45, 7) is 5.88. The first-order chi connectivity index (χ1) is 8.52. The summed E-state index contributed by atoms with van der Waals surface area (Å²) in [4.78, 5) is 0.658. The summed E-state index contributed by atoms with van der Waals surface area (Å²) in [6.07, 6.45) is -7.28. The molecule has 0 heterocycles. The van der Waals surface area contributed by atoms with Crippen molar-refractivity contribution in [2.75, 3.05) is 0 Å². The molecular weight excluding hydrogens is 275 g/mol. The van der Waals surface area contributed by atoms with Crippen molar-refractivity contribution >= 4 is 11.8 Å². The van der Waals surface area contributed by atoms with Gasteiger partial charge >= 0.3 is 6.18 Å². The number of aliphatic hydroxyl groups is 1. The highest BCUT2D eigenvalue weighted by Gasteiger charge is 2.43. The van der Waals surface area contributed by atoms with Crippen LogP contribution in [0, 0.1) is 0 Å². The predicted molar refractivity (Wildman–Crippen MR) is 71.0 cm³/mol. The van der Waals surface area contributed by atoms with Crippen molar-refractivity contribution in [3.05, 3.63) is 29.8 Å². The van der Waals surface area contributed by atoms with Crippen molar-refractivity contribution < 1.29 is 18.3 Å². The summed E-state index contributed by atoms with van der Waals surface area (Å²) in [7, 11) is 0. The van der Waals surface area contributed by atoms with Gasteiger partial charge in [-0.05, 0) is 11.6 Å². The predicted octanol–water partition coefficient (Wildman–Crippen LogP) is 3.50. The molecule has 2 atom stereocenters. The molecule has 0 unspecified atom stereocenters. The van der Waals surface area contributed by atoms with E-state index in [0.29, 0.717) is 10.5 Å². The van der Waals surface area contributed by atoms with Crippen LogP contribution in [0.5, 0.6) is 0 Å². The molecule has 1 rings (SSSR count). The molecular formula is C13H18F3NOS. The molecule has 0 aliphatic rings. The van der Waals surface area contributed by atoms with Crippen LogP contribution in [-0.2, 0) is 0 Å². The van der Waals surface area contributed by atoms with Crippen LogP contribution in [0.25, 0.3) is 0 Å². The summed E-state index contributed by atoms with van der Waals surface area (Å²) >= 11 is 1.43. The minimum atomic E-state index is -4.72. The average molecular weight is 293 g/mol. The zero-order valence-corrected chi connectivity index (χ0v) is 11.8. The third kappa shape index (κ3) is 4.71. The molecule has 2 nitrogen and oxygen atoms in total. The van der Waals surface area contributed by atoms with Gasteiger partial charge in [0.15, 0.2) is 6.10 Å². The normalized spacial score (nSPS) is 16.2. The van der Waals surface area contributed by atoms with Crippen molar-refractivity contribution in [3.63, 3.8) is 0 Å². The maximum Gasteiger partial charge on any atom is 0.416 e. The van der Waals surface area contributed by atoms with Crippen LogP contribution in [0.4, 0.5) is 13.2 Å². The first-order valence-corrected chi connectivity index (χ1v) is 6.62. The topological polar surface area (TPSA) is 46.2 Å². The Labute approximate surface area is 115 Å². The first-order valence-electron chi connectivity index (χ1n) is 5.80.